The lowest BCUT2D eigenvalue weighted by Crippen LogP contribution is -2.73. The Balaban J connectivity index is 1.36. The summed E-state index contributed by atoms with van der Waals surface area (Å²) in [5.74, 6) is 0.340. The molecule has 5 heteroatoms. The highest BCUT2D eigenvalue weighted by Crippen LogP contribution is 2.75. The Bertz CT molecular complexity index is 807. The van der Waals surface area contributed by atoms with Crippen LogP contribution in [-0.4, -0.2) is 41.6 Å². The van der Waals surface area contributed by atoms with E-state index >= 15 is 0 Å². The minimum Gasteiger partial charge on any atom is -0.444 e. The minimum absolute atomic E-state index is 0.102. The highest BCUT2D eigenvalue weighted by molar-refractivity contribution is 5.80. The number of ether oxygens (including phenoxy) is 1. The third-order valence-corrected chi connectivity index (χ3v) is 7.53. The summed E-state index contributed by atoms with van der Waals surface area (Å²) in [5.41, 5.74) is 1.50. The number of carbonyl (C=O) groups excluding carboxylic acids is 2. The fraction of sp³-hybridized carbons (Fsp3) is 0.692. The molecular weight excluding hydrogens is 388 g/mol. The molecule has 2 amide bonds. The molecule has 0 radical (unpaired) electrons. The summed E-state index contributed by atoms with van der Waals surface area (Å²) in [6, 6.07) is 11.0. The number of amides is 2. The van der Waals surface area contributed by atoms with Crippen molar-refractivity contribution in [2.24, 2.45) is 17.3 Å². The number of likely N-dealkylation sites (tertiary alicyclic amines) is 1. The van der Waals surface area contributed by atoms with Gasteiger partial charge in [-0.3, -0.25) is 4.79 Å². The number of benzene rings is 1. The average Bonchev–Trinajstić information content (AvgIpc) is 2.64. The van der Waals surface area contributed by atoms with E-state index in [2.05, 4.69) is 49.5 Å². The molecule has 1 N–H and O–H groups in total. The van der Waals surface area contributed by atoms with Crippen molar-refractivity contribution < 1.29 is 14.3 Å². The largest absolute Gasteiger partial charge is 0.444 e. The molecule has 5 nitrogen and oxygen atoms in total. The van der Waals surface area contributed by atoms with Crippen LogP contribution in [0.15, 0.2) is 30.3 Å². The summed E-state index contributed by atoms with van der Waals surface area (Å²) in [4.78, 5) is 27.4. The molecule has 5 rings (SSSR count). The second kappa shape index (κ2) is 7.83. The predicted molar refractivity (Wildman–Crippen MR) is 122 cm³/mol. The zero-order chi connectivity index (χ0) is 22.4. The Kier molecular flexibility index (Phi) is 5.60. The number of nitrogens with zero attached hydrogens (tertiary/aromatic N) is 1. The summed E-state index contributed by atoms with van der Waals surface area (Å²) in [6.45, 7) is 11.2. The maximum Gasteiger partial charge on any atom is 0.410 e. The maximum absolute atomic E-state index is 13.2. The van der Waals surface area contributed by atoms with Gasteiger partial charge in [0.1, 0.15) is 5.60 Å². The van der Waals surface area contributed by atoms with Crippen LogP contribution < -0.4 is 5.32 Å². The van der Waals surface area contributed by atoms with E-state index in [1.54, 1.807) is 4.90 Å². The van der Waals surface area contributed by atoms with Crippen LogP contribution in [0.1, 0.15) is 72.3 Å². The van der Waals surface area contributed by atoms with E-state index in [0.717, 1.165) is 12.8 Å². The molecule has 4 aliphatic rings. The van der Waals surface area contributed by atoms with Crippen LogP contribution in [0, 0.1) is 17.3 Å². The monoisotopic (exact) mass is 426 g/mol. The van der Waals surface area contributed by atoms with Gasteiger partial charge < -0.3 is 15.0 Å². The number of piperidine rings is 1. The first-order valence-corrected chi connectivity index (χ1v) is 11.9. The Morgan fingerprint density at radius 1 is 1.13 bits per heavy atom. The van der Waals surface area contributed by atoms with Crippen molar-refractivity contribution >= 4 is 12.0 Å². The highest BCUT2D eigenvalue weighted by Gasteiger charge is 2.71. The first-order valence-electron chi connectivity index (χ1n) is 11.9. The molecule has 1 aliphatic heterocycles. The van der Waals surface area contributed by atoms with E-state index in [1.165, 1.54) is 24.8 Å². The molecule has 1 saturated heterocycles. The lowest BCUT2D eigenvalue weighted by Gasteiger charge is -2.74. The van der Waals surface area contributed by atoms with Crippen molar-refractivity contribution in [3.63, 3.8) is 0 Å². The van der Waals surface area contributed by atoms with E-state index in [-0.39, 0.29) is 29.4 Å². The third-order valence-electron chi connectivity index (χ3n) is 7.53. The van der Waals surface area contributed by atoms with Gasteiger partial charge in [-0.2, -0.15) is 0 Å². The van der Waals surface area contributed by atoms with E-state index in [1.807, 2.05) is 20.8 Å². The zero-order valence-corrected chi connectivity index (χ0v) is 19.7. The molecule has 31 heavy (non-hydrogen) atoms. The van der Waals surface area contributed by atoms with E-state index in [9.17, 15) is 9.59 Å². The molecule has 1 aromatic carbocycles. The second-order valence-electron chi connectivity index (χ2n) is 11.5. The summed E-state index contributed by atoms with van der Waals surface area (Å²) in [6.07, 6.45) is 4.86. The first kappa shape index (κ1) is 22.2. The first-order chi connectivity index (χ1) is 14.5. The third kappa shape index (κ3) is 4.20. The summed E-state index contributed by atoms with van der Waals surface area (Å²) in [7, 11) is 0. The van der Waals surface area contributed by atoms with Gasteiger partial charge in [-0.1, -0.05) is 44.2 Å². The Morgan fingerprint density at radius 2 is 1.77 bits per heavy atom. The summed E-state index contributed by atoms with van der Waals surface area (Å²) < 4.78 is 5.52. The number of hydrogen-bond donors (Lipinski definition) is 1. The topological polar surface area (TPSA) is 58.6 Å². The van der Waals surface area contributed by atoms with Gasteiger partial charge in [0.15, 0.2) is 0 Å². The molecule has 2 unspecified atom stereocenters. The van der Waals surface area contributed by atoms with Crippen molar-refractivity contribution in [3.05, 3.63) is 35.9 Å². The lowest BCUT2D eigenvalue weighted by molar-refractivity contribution is -0.177. The van der Waals surface area contributed by atoms with Gasteiger partial charge in [0.25, 0.3) is 0 Å². The van der Waals surface area contributed by atoms with Gasteiger partial charge in [0, 0.05) is 19.1 Å². The van der Waals surface area contributed by atoms with Gasteiger partial charge in [-0.25, -0.2) is 4.79 Å². The zero-order valence-electron chi connectivity index (χ0n) is 19.7. The van der Waals surface area contributed by atoms with Crippen LogP contribution in [-0.2, 0) is 14.9 Å². The molecule has 1 heterocycles. The van der Waals surface area contributed by atoms with Gasteiger partial charge in [-0.05, 0) is 75.2 Å². The summed E-state index contributed by atoms with van der Waals surface area (Å²) in [5, 5.41) is 3.43. The quantitative estimate of drug-likeness (QED) is 0.729. The Labute approximate surface area is 186 Å². The standard InChI is InChI=1S/C26H38N2O3/c1-18(2)21(26-15-25(16-26,17-26)20-11-7-6-8-12-20)27-22(29)19-10-9-13-28(14-19)23(30)31-24(3,4)5/h6-8,11-12,18-19,21H,9-10,13-17H2,1-5H3,(H,27,29). The second-order valence-corrected chi connectivity index (χ2v) is 11.5. The molecule has 3 saturated carbocycles. The SMILES string of the molecule is CC(C)C(NC(=O)C1CCCN(C(=O)OC(C)(C)C)C1)C12CC(c3ccccc3)(C1)C2. The van der Waals surface area contributed by atoms with Gasteiger partial charge in [0.05, 0.1) is 5.92 Å². The van der Waals surface area contributed by atoms with Gasteiger partial charge >= 0.3 is 6.09 Å². The molecule has 3 aliphatic carbocycles. The van der Waals surface area contributed by atoms with Crippen LogP contribution in [0.25, 0.3) is 0 Å². The summed E-state index contributed by atoms with van der Waals surface area (Å²) >= 11 is 0. The van der Waals surface area contributed by atoms with Crippen molar-refractivity contribution in [2.75, 3.05) is 13.1 Å². The van der Waals surface area contributed by atoms with Crippen molar-refractivity contribution in [2.45, 2.75) is 83.8 Å². The molecule has 0 spiro atoms. The van der Waals surface area contributed by atoms with Crippen LogP contribution in [0.4, 0.5) is 4.79 Å². The van der Waals surface area contributed by atoms with Crippen LogP contribution in [0.3, 0.4) is 0 Å². The normalized spacial score (nSPS) is 30.8. The van der Waals surface area contributed by atoms with E-state index < -0.39 is 5.60 Å². The Hall–Kier alpha value is -2.04. The molecular formula is C26H38N2O3. The maximum atomic E-state index is 13.2. The number of nitrogens with one attached hydrogen (secondary N) is 1. The fourth-order valence-electron chi connectivity index (χ4n) is 6.28. The fourth-order valence-corrected chi connectivity index (χ4v) is 6.28. The van der Waals surface area contributed by atoms with Crippen molar-refractivity contribution in [1.29, 1.82) is 0 Å². The van der Waals surface area contributed by atoms with Crippen LogP contribution in [0.5, 0.6) is 0 Å². The van der Waals surface area contributed by atoms with Crippen LogP contribution in [0.2, 0.25) is 0 Å². The Morgan fingerprint density at radius 3 is 2.35 bits per heavy atom. The average molecular weight is 427 g/mol. The van der Waals surface area contributed by atoms with E-state index in [0.29, 0.717) is 24.4 Å². The molecule has 170 valence electrons. The van der Waals surface area contributed by atoms with E-state index in [4.69, 9.17) is 4.74 Å². The van der Waals surface area contributed by atoms with Crippen LogP contribution >= 0.6 is 0 Å². The molecule has 2 atom stereocenters. The minimum atomic E-state index is -0.520. The smallest absolute Gasteiger partial charge is 0.410 e. The number of hydrogen-bond acceptors (Lipinski definition) is 3. The highest BCUT2D eigenvalue weighted by atomic mass is 16.6. The molecule has 0 aromatic heterocycles. The van der Waals surface area contributed by atoms with Gasteiger partial charge in [-0.15, -0.1) is 0 Å². The number of carbonyl (C=O) groups is 2. The number of rotatable bonds is 5. The molecule has 1 aromatic rings. The predicted octanol–water partition coefficient (Wildman–Crippen LogP) is 4.90. The van der Waals surface area contributed by atoms with Crippen molar-refractivity contribution in [1.82, 2.24) is 10.2 Å². The van der Waals surface area contributed by atoms with Gasteiger partial charge in [0.2, 0.25) is 5.91 Å². The lowest BCUT2D eigenvalue weighted by atomic mass is 9.31. The molecule has 2 bridgehead atoms. The van der Waals surface area contributed by atoms with Crippen molar-refractivity contribution in [3.8, 4) is 0 Å². The molecule has 4 fully saturated rings.